The third kappa shape index (κ3) is 2.85. The SMILES string of the molecule is CSc1nc2c(-c3cc(F)c(F)c(F)c3)c(-c3ncccn3)nn2c(=O)[nH]1. The Kier molecular flexibility index (Phi) is 4.15. The van der Waals surface area contributed by atoms with E-state index in [1.165, 1.54) is 24.2 Å². The molecule has 0 radical (unpaired) electrons. The van der Waals surface area contributed by atoms with Gasteiger partial charge in [0.05, 0.1) is 5.56 Å². The van der Waals surface area contributed by atoms with Crippen LogP contribution in [0.5, 0.6) is 0 Å². The predicted octanol–water partition coefficient (Wildman–Crippen LogP) is 2.68. The number of hydrogen-bond acceptors (Lipinski definition) is 6. The average Bonchev–Trinajstić information content (AvgIpc) is 3.06. The molecular formula is C16H9F3N6OS. The van der Waals surface area contributed by atoms with Crippen LogP contribution in [-0.2, 0) is 0 Å². The van der Waals surface area contributed by atoms with Gasteiger partial charge in [-0.2, -0.15) is 9.61 Å². The van der Waals surface area contributed by atoms with Gasteiger partial charge in [-0.05, 0) is 30.0 Å². The van der Waals surface area contributed by atoms with Crippen LogP contribution in [0.2, 0.25) is 0 Å². The fraction of sp³-hybridized carbons (Fsp3) is 0.0625. The van der Waals surface area contributed by atoms with Gasteiger partial charge in [-0.25, -0.2) is 32.9 Å². The van der Waals surface area contributed by atoms with Gasteiger partial charge in [-0.15, -0.1) is 0 Å². The maximum atomic E-state index is 13.8. The third-order valence-corrected chi connectivity index (χ3v) is 4.30. The van der Waals surface area contributed by atoms with Gasteiger partial charge in [0, 0.05) is 12.4 Å². The first-order valence-electron chi connectivity index (χ1n) is 7.49. The molecule has 0 aliphatic carbocycles. The molecule has 0 saturated carbocycles. The van der Waals surface area contributed by atoms with Crippen LogP contribution in [0, 0.1) is 17.5 Å². The van der Waals surface area contributed by atoms with Gasteiger partial charge >= 0.3 is 5.69 Å². The lowest BCUT2D eigenvalue weighted by molar-refractivity contribution is 0.448. The Morgan fingerprint density at radius 3 is 2.41 bits per heavy atom. The zero-order valence-corrected chi connectivity index (χ0v) is 14.4. The van der Waals surface area contributed by atoms with Gasteiger partial charge in [0.15, 0.2) is 34.1 Å². The van der Waals surface area contributed by atoms with Crippen molar-refractivity contribution < 1.29 is 13.2 Å². The molecule has 3 aromatic heterocycles. The molecule has 3 heterocycles. The lowest BCUT2D eigenvalue weighted by Gasteiger charge is -2.05. The lowest BCUT2D eigenvalue weighted by Crippen LogP contribution is -2.19. The molecule has 0 saturated heterocycles. The molecule has 0 aliphatic heterocycles. The van der Waals surface area contributed by atoms with Gasteiger partial charge < -0.3 is 0 Å². The second-order valence-electron chi connectivity index (χ2n) is 5.34. The normalized spacial score (nSPS) is 11.3. The number of aromatic amines is 1. The van der Waals surface area contributed by atoms with E-state index in [2.05, 4.69) is 25.0 Å². The largest absolute Gasteiger partial charge is 0.350 e. The van der Waals surface area contributed by atoms with E-state index in [4.69, 9.17) is 0 Å². The number of H-pyrrole nitrogens is 1. The molecule has 4 aromatic rings. The minimum Gasteiger partial charge on any atom is -0.285 e. The summed E-state index contributed by atoms with van der Waals surface area (Å²) in [5.74, 6) is -4.23. The van der Waals surface area contributed by atoms with Crippen molar-refractivity contribution >= 4 is 17.4 Å². The van der Waals surface area contributed by atoms with E-state index in [1.54, 1.807) is 12.3 Å². The van der Waals surface area contributed by atoms with E-state index in [0.29, 0.717) is 0 Å². The van der Waals surface area contributed by atoms with Gasteiger partial charge in [0.2, 0.25) is 0 Å². The second-order valence-corrected chi connectivity index (χ2v) is 6.13. The van der Waals surface area contributed by atoms with E-state index in [0.717, 1.165) is 16.6 Å². The molecule has 0 unspecified atom stereocenters. The third-order valence-electron chi connectivity index (χ3n) is 3.72. The number of rotatable bonds is 3. The highest BCUT2D eigenvalue weighted by atomic mass is 32.2. The minimum absolute atomic E-state index is 0.0379. The summed E-state index contributed by atoms with van der Waals surface area (Å²) < 4.78 is 42.0. The summed E-state index contributed by atoms with van der Waals surface area (Å²) in [5, 5.41) is 4.43. The van der Waals surface area contributed by atoms with Crippen LogP contribution in [0.4, 0.5) is 13.2 Å². The number of benzene rings is 1. The molecule has 0 spiro atoms. The van der Waals surface area contributed by atoms with Crippen LogP contribution in [0.1, 0.15) is 0 Å². The number of nitrogens with zero attached hydrogens (tertiary/aromatic N) is 5. The van der Waals surface area contributed by atoms with Crippen LogP contribution in [0.25, 0.3) is 28.3 Å². The van der Waals surface area contributed by atoms with Crippen molar-refractivity contribution in [1.29, 1.82) is 0 Å². The van der Waals surface area contributed by atoms with Crippen LogP contribution in [0.3, 0.4) is 0 Å². The molecule has 0 fully saturated rings. The minimum atomic E-state index is -1.59. The summed E-state index contributed by atoms with van der Waals surface area (Å²) in [6.07, 6.45) is 4.60. The van der Waals surface area contributed by atoms with Gasteiger partial charge in [0.1, 0.15) is 5.69 Å². The first kappa shape index (κ1) is 17.2. The van der Waals surface area contributed by atoms with Crippen molar-refractivity contribution in [1.82, 2.24) is 29.5 Å². The summed E-state index contributed by atoms with van der Waals surface area (Å²) in [4.78, 5) is 27.3. The van der Waals surface area contributed by atoms with E-state index in [9.17, 15) is 18.0 Å². The quantitative estimate of drug-likeness (QED) is 0.427. The highest BCUT2D eigenvalue weighted by Gasteiger charge is 2.23. The number of nitrogens with one attached hydrogen (secondary N) is 1. The van der Waals surface area contributed by atoms with Crippen molar-refractivity contribution in [2.45, 2.75) is 5.16 Å². The zero-order valence-electron chi connectivity index (χ0n) is 13.6. The Balaban J connectivity index is 2.13. The summed E-state index contributed by atoms with van der Waals surface area (Å²) in [7, 11) is 0. The molecule has 1 N–H and O–H groups in total. The van der Waals surface area contributed by atoms with Gasteiger partial charge in [0.25, 0.3) is 0 Å². The maximum Gasteiger partial charge on any atom is 0.350 e. The van der Waals surface area contributed by atoms with Crippen molar-refractivity contribution in [2.75, 3.05) is 6.26 Å². The topological polar surface area (TPSA) is 88.8 Å². The summed E-state index contributed by atoms with van der Waals surface area (Å²) >= 11 is 1.17. The van der Waals surface area contributed by atoms with E-state index in [1.807, 2.05) is 0 Å². The molecule has 0 aliphatic rings. The summed E-state index contributed by atoms with van der Waals surface area (Å²) in [5.41, 5.74) is -0.418. The van der Waals surface area contributed by atoms with Gasteiger partial charge in [-0.3, -0.25) is 4.98 Å². The number of fused-ring (bicyclic) bond motifs is 1. The number of thioether (sulfide) groups is 1. The zero-order chi connectivity index (χ0) is 19.1. The Hall–Kier alpha value is -3.21. The molecule has 136 valence electrons. The number of hydrogen-bond donors (Lipinski definition) is 1. The molecule has 4 rings (SSSR count). The van der Waals surface area contributed by atoms with Gasteiger partial charge in [-0.1, -0.05) is 11.8 Å². The Morgan fingerprint density at radius 2 is 1.78 bits per heavy atom. The molecular weight excluding hydrogens is 381 g/mol. The van der Waals surface area contributed by atoms with E-state index < -0.39 is 23.1 Å². The van der Waals surface area contributed by atoms with Crippen molar-refractivity contribution in [3.63, 3.8) is 0 Å². The lowest BCUT2D eigenvalue weighted by atomic mass is 10.0. The first-order valence-corrected chi connectivity index (χ1v) is 8.71. The fourth-order valence-electron chi connectivity index (χ4n) is 2.56. The fourth-order valence-corrected chi connectivity index (χ4v) is 2.93. The van der Waals surface area contributed by atoms with Crippen LogP contribution in [0.15, 0.2) is 40.5 Å². The average molecular weight is 390 g/mol. The smallest absolute Gasteiger partial charge is 0.285 e. The standard InChI is InChI=1S/C16H9F3N6OS/c1-27-15-22-14-10(7-5-8(17)11(19)9(18)6-7)12(13-20-3-2-4-21-13)24-25(14)16(26)23-15/h2-6H,1H3,(H,22,23,26). The molecule has 7 nitrogen and oxygen atoms in total. The molecule has 11 heteroatoms. The number of halogens is 3. The number of aromatic nitrogens is 6. The van der Waals surface area contributed by atoms with Crippen LogP contribution < -0.4 is 5.69 Å². The predicted molar refractivity (Wildman–Crippen MR) is 91.7 cm³/mol. The summed E-state index contributed by atoms with van der Waals surface area (Å²) in [6.45, 7) is 0. The van der Waals surface area contributed by atoms with Crippen molar-refractivity contribution in [3.05, 3.63) is 58.5 Å². The highest BCUT2D eigenvalue weighted by Crippen LogP contribution is 2.34. The van der Waals surface area contributed by atoms with E-state index >= 15 is 0 Å². The first-order chi connectivity index (χ1) is 13.0. The van der Waals surface area contributed by atoms with Crippen LogP contribution in [-0.4, -0.2) is 35.8 Å². The van der Waals surface area contributed by atoms with E-state index in [-0.39, 0.29) is 33.4 Å². The Labute approximate surface area is 153 Å². The molecule has 27 heavy (non-hydrogen) atoms. The summed E-state index contributed by atoms with van der Waals surface area (Å²) in [6, 6.07) is 3.19. The molecule has 1 aromatic carbocycles. The van der Waals surface area contributed by atoms with Crippen molar-refractivity contribution in [3.8, 4) is 22.6 Å². The molecule has 0 amide bonds. The Morgan fingerprint density at radius 1 is 1.11 bits per heavy atom. The highest BCUT2D eigenvalue weighted by molar-refractivity contribution is 7.98. The maximum absolute atomic E-state index is 13.8. The molecule has 0 bridgehead atoms. The monoisotopic (exact) mass is 390 g/mol. The van der Waals surface area contributed by atoms with Crippen molar-refractivity contribution in [2.24, 2.45) is 0 Å². The Bertz CT molecular complexity index is 1200. The van der Waals surface area contributed by atoms with Crippen LogP contribution >= 0.6 is 11.8 Å². The molecule has 0 atom stereocenters. The second kappa shape index (κ2) is 6.50.